The highest BCUT2D eigenvalue weighted by Gasteiger charge is 2.20. The third kappa shape index (κ3) is 2.26. The van der Waals surface area contributed by atoms with Crippen LogP contribution in [-0.4, -0.2) is 21.9 Å². The maximum absolute atomic E-state index is 12.2. The van der Waals surface area contributed by atoms with Gasteiger partial charge in [0.25, 0.3) is 0 Å². The van der Waals surface area contributed by atoms with Crippen molar-refractivity contribution in [2.24, 2.45) is 7.05 Å². The van der Waals surface area contributed by atoms with E-state index in [1.807, 2.05) is 37.4 Å². The molecular weight excluding hydrogens is 240 g/mol. The van der Waals surface area contributed by atoms with E-state index < -0.39 is 0 Å². The van der Waals surface area contributed by atoms with Crippen molar-refractivity contribution >= 4 is 16.9 Å². The normalized spacial score (nSPS) is 18.7. The summed E-state index contributed by atoms with van der Waals surface area (Å²) < 4.78 is 7.21. The van der Waals surface area contributed by atoms with Crippen LogP contribution in [0.4, 0.5) is 0 Å². The summed E-state index contributed by atoms with van der Waals surface area (Å²) in [7, 11) is 1.83. The van der Waals surface area contributed by atoms with E-state index in [4.69, 9.17) is 4.74 Å². The second-order valence-electron chi connectivity index (χ2n) is 4.79. The van der Waals surface area contributed by atoms with Gasteiger partial charge in [-0.05, 0) is 31.4 Å². The molecular formula is C15H16N2O2. The van der Waals surface area contributed by atoms with Crippen molar-refractivity contribution in [2.45, 2.75) is 25.4 Å². The quantitative estimate of drug-likeness (QED) is 0.613. The van der Waals surface area contributed by atoms with Crippen LogP contribution in [0.2, 0.25) is 0 Å². The van der Waals surface area contributed by atoms with Crippen molar-refractivity contribution in [3.05, 3.63) is 42.1 Å². The fraction of sp³-hybridized carbons (Fsp3) is 0.333. The standard InChI is InChI=1S/C15H16N2O2/c1-17-13-10-6-5-9-12(13)14(16-17)15(18)19-11-7-3-2-4-8-11/h3,5-7,9-11H,2,4,8H2,1H3/t11-/m1/s1. The average molecular weight is 256 g/mol. The molecule has 2 aromatic rings. The summed E-state index contributed by atoms with van der Waals surface area (Å²) >= 11 is 0. The molecule has 0 amide bonds. The van der Waals surface area contributed by atoms with Crippen LogP contribution in [-0.2, 0) is 11.8 Å². The van der Waals surface area contributed by atoms with Crippen LogP contribution < -0.4 is 0 Å². The summed E-state index contributed by atoms with van der Waals surface area (Å²) in [6.45, 7) is 0. The van der Waals surface area contributed by atoms with Crippen LogP contribution in [0, 0.1) is 0 Å². The highest BCUT2D eigenvalue weighted by atomic mass is 16.5. The smallest absolute Gasteiger partial charge is 0.360 e. The fourth-order valence-electron chi connectivity index (χ4n) is 2.44. The Morgan fingerprint density at radius 1 is 1.42 bits per heavy atom. The minimum absolute atomic E-state index is 0.109. The van der Waals surface area contributed by atoms with E-state index in [0.717, 1.165) is 30.2 Å². The zero-order valence-electron chi connectivity index (χ0n) is 10.9. The fourth-order valence-corrected chi connectivity index (χ4v) is 2.44. The summed E-state index contributed by atoms with van der Waals surface area (Å²) in [6.07, 6.45) is 6.96. The first-order valence-corrected chi connectivity index (χ1v) is 6.55. The van der Waals surface area contributed by atoms with E-state index in [1.54, 1.807) is 4.68 Å². The maximum atomic E-state index is 12.2. The lowest BCUT2D eigenvalue weighted by Gasteiger charge is -2.16. The minimum atomic E-state index is -0.339. The number of allylic oxidation sites excluding steroid dienone is 1. The van der Waals surface area contributed by atoms with Crippen molar-refractivity contribution < 1.29 is 9.53 Å². The van der Waals surface area contributed by atoms with Crippen molar-refractivity contribution in [1.29, 1.82) is 0 Å². The van der Waals surface area contributed by atoms with Crippen LogP contribution in [0.25, 0.3) is 10.9 Å². The van der Waals surface area contributed by atoms with Gasteiger partial charge in [-0.3, -0.25) is 4.68 Å². The van der Waals surface area contributed by atoms with Crippen molar-refractivity contribution in [3.8, 4) is 0 Å². The number of ether oxygens (including phenoxy) is 1. The first-order valence-electron chi connectivity index (χ1n) is 6.55. The molecule has 4 heteroatoms. The van der Waals surface area contributed by atoms with Gasteiger partial charge in [0.1, 0.15) is 6.10 Å². The number of nitrogens with zero attached hydrogens (tertiary/aromatic N) is 2. The van der Waals surface area contributed by atoms with Crippen LogP contribution in [0.3, 0.4) is 0 Å². The van der Waals surface area contributed by atoms with Crippen LogP contribution >= 0.6 is 0 Å². The number of carbonyl (C=O) groups excluding carboxylic acids is 1. The average Bonchev–Trinajstić information content (AvgIpc) is 2.78. The zero-order chi connectivity index (χ0) is 13.2. The zero-order valence-corrected chi connectivity index (χ0v) is 10.9. The molecule has 1 aliphatic rings. The molecule has 19 heavy (non-hydrogen) atoms. The lowest BCUT2D eigenvalue weighted by Crippen LogP contribution is -2.18. The van der Waals surface area contributed by atoms with Crippen LogP contribution in [0.5, 0.6) is 0 Å². The minimum Gasteiger partial charge on any atom is -0.453 e. The van der Waals surface area contributed by atoms with Gasteiger partial charge >= 0.3 is 5.97 Å². The van der Waals surface area contributed by atoms with E-state index >= 15 is 0 Å². The van der Waals surface area contributed by atoms with E-state index in [0.29, 0.717) is 5.69 Å². The largest absolute Gasteiger partial charge is 0.453 e. The number of carbonyl (C=O) groups is 1. The number of hydrogen-bond donors (Lipinski definition) is 0. The molecule has 0 saturated heterocycles. The molecule has 3 rings (SSSR count). The van der Waals surface area contributed by atoms with Crippen molar-refractivity contribution in [3.63, 3.8) is 0 Å². The van der Waals surface area contributed by atoms with Gasteiger partial charge in [-0.2, -0.15) is 5.10 Å². The molecule has 1 heterocycles. The third-order valence-electron chi connectivity index (χ3n) is 3.42. The van der Waals surface area contributed by atoms with Gasteiger partial charge in [-0.25, -0.2) is 4.79 Å². The number of para-hydroxylation sites is 1. The van der Waals surface area contributed by atoms with Gasteiger partial charge in [-0.1, -0.05) is 24.3 Å². The molecule has 0 saturated carbocycles. The number of esters is 1. The monoisotopic (exact) mass is 256 g/mol. The SMILES string of the molecule is Cn1nc(C(=O)O[C@@H]2C=CCCC2)c2ccccc21. The summed E-state index contributed by atoms with van der Waals surface area (Å²) in [5, 5.41) is 5.12. The first-order chi connectivity index (χ1) is 9.25. The molecule has 0 fully saturated rings. The highest BCUT2D eigenvalue weighted by molar-refractivity contribution is 6.02. The summed E-state index contributed by atoms with van der Waals surface area (Å²) in [6, 6.07) is 7.68. The first kappa shape index (κ1) is 12.0. The van der Waals surface area contributed by atoms with Gasteiger partial charge in [0.2, 0.25) is 0 Å². The summed E-state index contributed by atoms with van der Waals surface area (Å²) in [5.74, 6) is -0.339. The van der Waals surface area contributed by atoms with E-state index in [-0.39, 0.29) is 12.1 Å². The Bertz CT molecular complexity index is 643. The molecule has 98 valence electrons. The second kappa shape index (κ2) is 4.88. The number of rotatable bonds is 2. The van der Waals surface area contributed by atoms with Gasteiger partial charge in [-0.15, -0.1) is 0 Å². The number of benzene rings is 1. The highest BCUT2D eigenvalue weighted by Crippen LogP contribution is 2.20. The molecule has 1 atom stereocenters. The molecule has 0 N–H and O–H groups in total. The van der Waals surface area contributed by atoms with Gasteiger partial charge < -0.3 is 4.74 Å². The predicted molar refractivity (Wildman–Crippen MR) is 72.9 cm³/mol. The Hall–Kier alpha value is -2.10. The molecule has 0 aliphatic heterocycles. The Balaban J connectivity index is 1.89. The predicted octanol–water partition coefficient (Wildman–Crippen LogP) is 2.84. The van der Waals surface area contributed by atoms with Gasteiger partial charge in [0.15, 0.2) is 5.69 Å². The molecule has 1 aromatic heterocycles. The lowest BCUT2D eigenvalue weighted by molar-refractivity contribution is 0.0364. The molecule has 1 aliphatic carbocycles. The molecule has 1 aromatic carbocycles. The topological polar surface area (TPSA) is 44.1 Å². The lowest BCUT2D eigenvalue weighted by atomic mass is 10.1. The molecule has 0 bridgehead atoms. The number of aryl methyl sites for hydroxylation is 1. The van der Waals surface area contributed by atoms with Gasteiger partial charge in [0, 0.05) is 12.4 Å². The molecule has 0 unspecified atom stereocenters. The Morgan fingerprint density at radius 2 is 2.26 bits per heavy atom. The molecule has 0 spiro atoms. The number of fused-ring (bicyclic) bond motifs is 1. The molecule has 0 radical (unpaired) electrons. The van der Waals surface area contributed by atoms with Gasteiger partial charge in [0.05, 0.1) is 5.52 Å². The maximum Gasteiger partial charge on any atom is 0.360 e. The van der Waals surface area contributed by atoms with Crippen LogP contribution in [0.1, 0.15) is 29.8 Å². The van der Waals surface area contributed by atoms with E-state index in [2.05, 4.69) is 11.2 Å². The third-order valence-corrected chi connectivity index (χ3v) is 3.42. The Kier molecular flexibility index (Phi) is 3.07. The Labute approximate surface area is 111 Å². The van der Waals surface area contributed by atoms with E-state index in [9.17, 15) is 4.79 Å². The van der Waals surface area contributed by atoms with Crippen LogP contribution in [0.15, 0.2) is 36.4 Å². The van der Waals surface area contributed by atoms with Crippen molar-refractivity contribution in [2.75, 3.05) is 0 Å². The van der Waals surface area contributed by atoms with Crippen molar-refractivity contribution in [1.82, 2.24) is 9.78 Å². The van der Waals surface area contributed by atoms with E-state index in [1.165, 1.54) is 0 Å². The number of hydrogen-bond acceptors (Lipinski definition) is 3. The summed E-state index contributed by atoms with van der Waals surface area (Å²) in [5.41, 5.74) is 1.34. The Morgan fingerprint density at radius 3 is 3.05 bits per heavy atom. The molecule has 4 nitrogen and oxygen atoms in total. The second-order valence-corrected chi connectivity index (χ2v) is 4.79. The number of aromatic nitrogens is 2. The summed E-state index contributed by atoms with van der Waals surface area (Å²) in [4.78, 5) is 12.2.